The Morgan fingerprint density at radius 3 is 1.11 bits per heavy atom. The summed E-state index contributed by atoms with van der Waals surface area (Å²) in [5, 5.41) is 87.5. The fourth-order valence-electron chi connectivity index (χ4n) is 12.4. The summed E-state index contributed by atoms with van der Waals surface area (Å²) in [6.07, 6.45) is 59.3. The molecule has 2 saturated heterocycles. The zero-order valence-electron chi connectivity index (χ0n) is 56.5. The van der Waals surface area contributed by atoms with E-state index < -0.39 is 86.8 Å². The van der Waals surface area contributed by atoms with E-state index in [2.05, 4.69) is 43.5 Å². The fourth-order valence-corrected chi connectivity index (χ4v) is 12.4. The van der Waals surface area contributed by atoms with Gasteiger partial charge in [0.1, 0.15) is 48.8 Å². The number of rotatable bonds is 62. The molecule has 0 aromatic heterocycles. The second kappa shape index (κ2) is 59.0. The minimum Gasteiger partial charge on any atom is -0.394 e. The Labute approximate surface area is 538 Å². The first kappa shape index (κ1) is 82.3. The van der Waals surface area contributed by atoms with Gasteiger partial charge in [0.15, 0.2) is 12.6 Å². The van der Waals surface area contributed by atoms with Gasteiger partial charge in [0.05, 0.1) is 32.0 Å². The largest absolute Gasteiger partial charge is 0.394 e. The summed E-state index contributed by atoms with van der Waals surface area (Å²) in [7, 11) is 0. The van der Waals surface area contributed by atoms with Crippen LogP contribution in [0, 0.1) is 0 Å². The maximum Gasteiger partial charge on any atom is 0.220 e. The Morgan fingerprint density at radius 1 is 0.398 bits per heavy atom. The molecular formula is C74H139NO13. The molecule has 2 rings (SSSR count). The maximum absolute atomic E-state index is 13.3. The molecule has 0 saturated carbocycles. The Morgan fingerprint density at radius 2 is 0.727 bits per heavy atom. The summed E-state index contributed by atoms with van der Waals surface area (Å²) >= 11 is 0. The first-order valence-electron chi connectivity index (χ1n) is 37.2. The summed E-state index contributed by atoms with van der Waals surface area (Å²) in [6, 6.07) is -0.937. The van der Waals surface area contributed by atoms with Crippen molar-refractivity contribution in [3.05, 3.63) is 36.5 Å². The average molecular weight is 1250 g/mol. The average Bonchev–Trinajstić information content (AvgIpc) is 1.75. The van der Waals surface area contributed by atoms with E-state index >= 15 is 0 Å². The van der Waals surface area contributed by atoms with Crippen molar-refractivity contribution in [2.45, 2.75) is 408 Å². The fraction of sp³-hybridized carbons (Fsp3) is 0.905. The molecule has 9 N–H and O–H groups in total. The number of allylic oxidation sites excluding steroid dienone is 5. The highest BCUT2D eigenvalue weighted by Crippen LogP contribution is 2.30. The molecule has 0 aromatic carbocycles. The van der Waals surface area contributed by atoms with E-state index in [1.165, 1.54) is 257 Å². The molecular weight excluding hydrogens is 1110 g/mol. The molecule has 0 radical (unpaired) electrons. The van der Waals surface area contributed by atoms with Gasteiger partial charge >= 0.3 is 0 Å². The molecule has 2 aliphatic rings. The van der Waals surface area contributed by atoms with Crippen molar-refractivity contribution in [2.24, 2.45) is 0 Å². The van der Waals surface area contributed by atoms with Crippen molar-refractivity contribution >= 4 is 5.91 Å². The molecule has 0 aromatic rings. The number of aliphatic hydroxyl groups excluding tert-OH is 8. The summed E-state index contributed by atoms with van der Waals surface area (Å²) in [5.74, 6) is -0.246. The lowest BCUT2D eigenvalue weighted by Gasteiger charge is -2.46. The van der Waals surface area contributed by atoms with Gasteiger partial charge in [-0.3, -0.25) is 4.79 Å². The number of aliphatic hydroxyl groups is 8. The number of hydrogen-bond donors (Lipinski definition) is 9. The summed E-state index contributed by atoms with van der Waals surface area (Å²) < 4.78 is 22.9. The van der Waals surface area contributed by atoms with Crippen LogP contribution in [0.1, 0.15) is 335 Å². The molecule has 88 heavy (non-hydrogen) atoms. The Bertz CT molecular complexity index is 1620. The van der Waals surface area contributed by atoms with Crippen LogP contribution in [0.3, 0.4) is 0 Å². The molecule has 12 atom stereocenters. The van der Waals surface area contributed by atoms with Gasteiger partial charge in [0, 0.05) is 6.42 Å². The predicted molar refractivity (Wildman–Crippen MR) is 360 cm³/mol. The summed E-state index contributed by atoms with van der Waals surface area (Å²) in [4.78, 5) is 13.3. The van der Waals surface area contributed by atoms with Crippen molar-refractivity contribution in [3.63, 3.8) is 0 Å². The highest BCUT2D eigenvalue weighted by molar-refractivity contribution is 5.76. The van der Waals surface area contributed by atoms with Crippen LogP contribution in [0.15, 0.2) is 36.5 Å². The zero-order valence-corrected chi connectivity index (χ0v) is 56.5. The Balaban J connectivity index is 1.67. The first-order chi connectivity index (χ1) is 43.1. The van der Waals surface area contributed by atoms with Gasteiger partial charge < -0.3 is 65.1 Å². The maximum atomic E-state index is 13.3. The molecule has 2 fully saturated rings. The van der Waals surface area contributed by atoms with Gasteiger partial charge in [-0.25, -0.2) is 0 Å². The van der Waals surface area contributed by atoms with Crippen LogP contribution in [0.4, 0.5) is 0 Å². The summed E-state index contributed by atoms with van der Waals surface area (Å²) in [6.45, 7) is 2.83. The van der Waals surface area contributed by atoms with E-state index in [0.717, 1.165) is 44.9 Å². The van der Waals surface area contributed by atoms with Crippen LogP contribution in [-0.2, 0) is 23.7 Å². The number of nitrogens with one attached hydrogen (secondary N) is 1. The molecule has 2 heterocycles. The van der Waals surface area contributed by atoms with E-state index in [-0.39, 0.29) is 18.9 Å². The number of ether oxygens (including phenoxy) is 4. The SMILES string of the molecule is CCCCCCCCCCCCCCCCC/C=C/CC/C=C/CC/C=C/C(O)C(COC1OC(CO)C(OC2OC(CO)C(O)C(O)C2O)C(O)C1O)NC(=O)CCCCCCCCCCCCCCCCCCCCCCCCCCCCCCC. The smallest absolute Gasteiger partial charge is 0.220 e. The lowest BCUT2D eigenvalue weighted by atomic mass is 9.97. The first-order valence-corrected chi connectivity index (χ1v) is 37.2. The monoisotopic (exact) mass is 1250 g/mol. The molecule has 1 amide bonds. The lowest BCUT2D eigenvalue weighted by molar-refractivity contribution is -0.359. The van der Waals surface area contributed by atoms with Crippen LogP contribution in [0.5, 0.6) is 0 Å². The molecule has 14 heteroatoms. The van der Waals surface area contributed by atoms with Crippen LogP contribution < -0.4 is 5.32 Å². The molecule has 14 nitrogen and oxygen atoms in total. The number of hydrogen-bond acceptors (Lipinski definition) is 13. The van der Waals surface area contributed by atoms with E-state index in [9.17, 15) is 45.6 Å². The number of carbonyl (C=O) groups is 1. The zero-order chi connectivity index (χ0) is 63.8. The number of carbonyl (C=O) groups excluding carboxylic acids is 1. The van der Waals surface area contributed by atoms with Crippen LogP contribution in [0.25, 0.3) is 0 Å². The van der Waals surface area contributed by atoms with Gasteiger partial charge in [-0.2, -0.15) is 0 Å². The van der Waals surface area contributed by atoms with Crippen molar-refractivity contribution < 1.29 is 64.6 Å². The third kappa shape index (κ3) is 42.4. The van der Waals surface area contributed by atoms with E-state index in [0.29, 0.717) is 12.8 Å². The quantitative estimate of drug-likeness (QED) is 0.0204. The van der Waals surface area contributed by atoms with Crippen molar-refractivity contribution in [1.29, 1.82) is 0 Å². The van der Waals surface area contributed by atoms with Crippen LogP contribution in [-0.4, -0.2) is 140 Å². The molecule has 0 bridgehead atoms. The van der Waals surface area contributed by atoms with Crippen molar-refractivity contribution in [1.82, 2.24) is 5.32 Å². The number of amides is 1. The van der Waals surface area contributed by atoms with Gasteiger partial charge in [-0.15, -0.1) is 0 Å². The standard InChI is InChI=1S/C74H139NO13/c1-3-5-7-9-11-13-15-17-19-21-23-25-27-29-30-31-32-34-36-38-40-42-44-46-48-50-52-54-56-58-66(79)75-62(61-85-73-71(84)69(82)72(65(60-77)87-73)88-74-70(83)68(81)67(80)64(59-76)86-74)63(78)57-55-53-51-49-47-45-43-41-39-37-35-33-28-26-24-22-20-18-16-14-12-10-8-6-4-2/h39,41,47,49,55,57,62-65,67-74,76-78,80-84H,3-38,40,42-46,48,50-54,56,58-61H2,1-2H3,(H,75,79)/b41-39+,49-47+,57-55+. The molecule has 2 aliphatic heterocycles. The molecule has 12 unspecified atom stereocenters. The van der Waals surface area contributed by atoms with Crippen molar-refractivity contribution in [2.75, 3.05) is 19.8 Å². The lowest BCUT2D eigenvalue weighted by Crippen LogP contribution is -2.65. The second-order valence-corrected chi connectivity index (χ2v) is 26.4. The third-order valence-corrected chi connectivity index (χ3v) is 18.3. The second-order valence-electron chi connectivity index (χ2n) is 26.4. The highest BCUT2D eigenvalue weighted by atomic mass is 16.7. The van der Waals surface area contributed by atoms with Crippen LogP contribution in [0.2, 0.25) is 0 Å². The topological polar surface area (TPSA) is 228 Å². The normalized spacial score (nSPS) is 23.3. The highest BCUT2D eigenvalue weighted by Gasteiger charge is 2.51. The van der Waals surface area contributed by atoms with E-state index in [1.54, 1.807) is 6.08 Å². The van der Waals surface area contributed by atoms with E-state index in [4.69, 9.17) is 18.9 Å². The Kier molecular flexibility index (Phi) is 55.2. The minimum absolute atomic E-state index is 0.246. The van der Waals surface area contributed by atoms with Gasteiger partial charge in [0.25, 0.3) is 0 Å². The van der Waals surface area contributed by atoms with Crippen molar-refractivity contribution in [3.8, 4) is 0 Å². The Hall–Kier alpha value is -1.79. The summed E-state index contributed by atoms with van der Waals surface area (Å²) in [5.41, 5.74) is 0. The van der Waals surface area contributed by atoms with Gasteiger partial charge in [-0.1, -0.05) is 320 Å². The molecule has 0 spiro atoms. The van der Waals surface area contributed by atoms with Gasteiger partial charge in [-0.05, 0) is 44.9 Å². The molecule has 518 valence electrons. The van der Waals surface area contributed by atoms with Gasteiger partial charge in [0.2, 0.25) is 5.91 Å². The van der Waals surface area contributed by atoms with Crippen LogP contribution >= 0.6 is 0 Å². The minimum atomic E-state index is -1.79. The third-order valence-electron chi connectivity index (χ3n) is 18.3. The number of unbranched alkanes of at least 4 members (excludes halogenated alkanes) is 45. The predicted octanol–water partition coefficient (Wildman–Crippen LogP) is 15.7. The van der Waals surface area contributed by atoms with E-state index in [1.807, 2.05) is 6.08 Å². The molecule has 0 aliphatic carbocycles.